The highest BCUT2D eigenvalue weighted by Crippen LogP contribution is 2.42. The summed E-state index contributed by atoms with van der Waals surface area (Å²) in [4.78, 5) is 15.2. The number of pyridine rings is 1. The molecule has 3 aliphatic carbocycles. The average Bonchev–Trinajstić information content (AvgIpc) is 3.33. The third-order valence-electron chi connectivity index (χ3n) is 11.5. The largest absolute Gasteiger partial charge is 0.265 e. The van der Waals surface area contributed by atoms with E-state index in [1.807, 2.05) is 12.4 Å². The van der Waals surface area contributed by atoms with E-state index in [0.29, 0.717) is 11.8 Å². The van der Waals surface area contributed by atoms with Crippen molar-refractivity contribution >= 4 is 22.7 Å². The van der Waals surface area contributed by atoms with Crippen LogP contribution in [0.4, 0.5) is 0 Å². The number of aliphatic imine (C=N–C) groups is 2. The van der Waals surface area contributed by atoms with Crippen molar-refractivity contribution in [2.24, 2.45) is 27.7 Å². The molecular weight excluding hydrogens is 619 g/mol. The van der Waals surface area contributed by atoms with Gasteiger partial charge in [-0.05, 0) is 108 Å². The molecule has 1 saturated carbocycles. The SMILES string of the molecule is C=C1C=C(C(CCC)CCCCC)N=C(C2CCCCC2)N=C1c1ccc(C2=c3ccc(C)cc3=C(c3ccncc3)C3=CC(C)=CCC32)cc1. The molecule has 2 unspecified atom stereocenters. The van der Waals surface area contributed by atoms with E-state index in [4.69, 9.17) is 9.98 Å². The van der Waals surface area contributed by atoms with Gasteiger partial charge in [0.2, 0.25) is 0 Å². The predicted molar refractivity (Wildman–Crippen MR) is 216 cm³/mol. The van der Waals surface area contributed by atoms with E-state index in [-0.39, 0.29) is 5.92 Å². The van der Waals surface area contributed by atoms with E-state index in [2.05, 4.69) is 112 Å². The second kappa shape index (κ2) is 15.9. The van der Waals surface area contributed by atoms with Gasteiger partial charge >= 0.3 is 0 Å². The Hall–Kier alpha value is -4.37. The molecule has 0 radical (unpaired) electrons. The summed E-state index contributed by atoms with van der Waals surface area (Å²) in [7, 11) is 0. The molecule has 51 heavy (non-hydrogen) atoms. The first-order valence-electron chi connectivity index (χ1n) is 19.8. The Bertz CT molecular complexity index is 2050. The van der Waals surface area contributed by atoms with Gasteiger partial charge in [-0.1, -0.05) is 131 Å². The fourth-order valence-corrected chi connectivity index (χ4v) is 8.86. The van der Waals surface area contributed by atoms with Gasteiger partial charge in [-0.2, -0.15) is 0 Å². The zero-order valence-corrected chi connectivity index (χ0v) is 31.3. The molecule has 262 valence electrons. The van der Waals surface area contributed by atoms with E-state index >= 15 is 0 Å². The third-order valence-corrected chi connectivity index (χ3v) is 11.5. The Morgan fingerprint density at radius 2 is 1.53 bits per heavy atom. The minimum atomic E-state index is 0.279. The number of fused-ring (bicyclic) bond motifs is 2. The second-order valence-corrected chi connectivity index (χ2v) is 15.3. The van der Waals surface area contributed by atoms with Crippen LogP contribution in [0.15, 0.2) is 124 Å². The van der Waals surface area contributed by atoms with Crippen LogP contribution in [-0.2, 0) is 0 Å². The molecule has 2 atom stereocenters. The number of hydrogen-bond acceptors (Lipinski definition) is 3. The molecule has 0 bridgehead atoms. The molecule has 7 rings (SSSR count). The monoisotopic (exact) mass is 673 g/mol. The number of allylic oxidation sites excluding steroid dienone is 7. The van der Waals surface area contributed by atoms with Crippen molar-refractivity contribution in [3.8, 4) is 0 Å². The normalized spacial score (nSPS) is 20.0. The molecule has 0 saturated heterocycles. The molecule has 2 heterocycles. The maximum Gasteiger partial charge on any atom is 0.132 e. The maximum absolute atomic E-state index is 5.44. The molecule has 3 heteroatoms. The quantitative estimate of drug-likeness (QED) is 0.187. The van der Waals surface area contributed by atoms with Crippen LogP contribution in [0.3, 0.4) is 0 Å². The minimum Gasteiger partial charge on any atom is -0.265 e. The standard InChI is InChI=1S/C48H55N3/c1-6-8-10-14-35(13-7-2)44-31-34(5)47(51-48(50-44)39-15-11-9-12-16-39)38-21-19-36(20-22-38)45-40-23-17-32(3)29-42(40)46(37-25-27-49-28-26-37)43-30-33(4)18-24-41(43)45/h17-23,25-31,35,39,41H,5-16,24H2,1-4H3. The summed E-state index contributed by atoms with van der Waals surface area (Å²) in [6.07, 6.45) is 25.5. The summed E-state index contributed by atoms with van der Waals surface area (Å²) in [6.45, 7) is 13.7. The lowest BCUT2D eigenvalue weighted by atomic mass is 9.71. The van der Waals surface area contributed by atoms with Crippen LogP contribution in [0.2, 0.25) is 0 Å². The van der Waals surface area contributed by atoms with Gasteiger partial charge in [0.05, 0.1) is 5.71 Å². The Balaban J connectivity index is 1.32. The van der Waals surface area contributed by atoms with E-state index in [1.165, 1.54) is 126 Å². The highest BCUT2D eigenvalue weighted by Gasteiger charge is 2.31. The van der Waals surface area contributed by atoms with Gasteiger partial charge in [0.1, 0.15) is 5.84 Å². The molecule has 2 aromatic carbocycles. The smallest absolute Gasteiger partial charge is 0.132 e. The highest BCUT2D eigenvalue weighted by molar-refractivity contribution is 6.19. The molecule has 0 spiro atoms. The molecule has 3 nitrogen and oxygen atoms in total. The molecule has 1 fully saturated rings. The first-order chi connectivity index (χ1) is 24.9. The number of nitrogens with zero attached hydrogens (tertiary/aromatic N) is 3. The average molecular weight is 674 g/mol. The third kappa shape index (κ3) is 7.50. The minimum absolute atomic E-state index is 0.279. The molecule has 4 aliphatic rings. The van der Waals surface area contributed by atoms with Crippen LogP contribution in [-0.4, -0.2) is 16.5 Å². The Labute approximate surface area is 306 Å². The van der Waals surface area contributed by atoms with Crippen LogP contribution >= 0.6 is 0 Å². The number of rotatable bonds is 11. The van der Waals surface area contributed by atoms with Crippen LogP contribution in [0.5, 0.6) is 0 Å². The van der Waals surface area contributed by atoms with Gasteiger partial charge < -0.3 is 0 Å². The first-order valence-corrected chi connectivity index (χ1v) is 19.8. The van der Waals surface area contributed by atoms with Gasteiger partial charge in [0, 0.05) is 41.4 Å². The van der Waals surface area contributed by atoms with Crippen LogP contribution in [0.1, 0.15) is 120 Å². The van der Waals surface area contributed by atoms with Crippen molar-refractivity contribution in [1.82, 2.24) is 4.98 Å². The van der Waals surface area contributed by atoms with E-state index in [9.17, 15) is 0 Å². The second-order valence-electron chi connectivity index (χ2n) is 15.3. The summed E-state index contributed by atoms with van der Waals surface area (Å²) in [6, 6.07) is 20.6. The zero-order valence-electron chi connectivity index (χ0n) is 31.3. The maximum atomic E-state index is 5.44. The molecule has 0 N–H and O–H groups in total. The van der Waals surface area contributed by atoms with Crippen molar-refractivity contribution in [3.05, 3.63) is 147 Å². The summed E-state index contributed by atoms with van der Waals surface area (Å²) in [5.74, 6) is 2.21. The van der Waals surface area contributed by atoms with Gasteiger partial charge in [0.15, 0.2) is 0 Å². The molecule has 3 aromatic rings. The fourth-order valence-electron chi connectivity index (χ4n) is 8.86. The molecule has 0 amide bonds. The summed E-state index contributed by atoms with van der Waals surface area (Å²) in [5, 5.41) is 2.64. The van der Waals surface area contributed by atoms with Crippen LogP contribution < -0.4 is 10.4 Å². The fraction of sp³-hybridized carbons (Fsp3) is 0.396. The lowest BCUT2D eigenvalue weighted by Gasteiger charge is -2.32. The van der Waals surface area contributed by atoms with Gasteiger partial charge in [-0.3, -0.25) is 4.98 Å². The Morgan fingerprint density at radius 3 is 2.27 bits per heavy atom. The lowest BCUT2D eigenvalue weighted by molar-refractivity contribution is 0.435. The van der Waals surface area contributed by atoms with Crippen molar-refractivity contribution in [1.29, 1.82) is 0 Å². The number of amidine groups is 1. The van der Waals surface area contributed by atoms with E-state index in [1.54, 1.807) is 0 Å². The van der Waals surface area contributed by atoms with Gasteiger partial charge in [-0.25, -0.2) is 9.98 Å². The number of hydrogen-bond donors (Lipinski definition) is 0. The summed E-state index contributed by atoms with van der Waals surface area (Å²) in [5.41, 5.74) is 13.6. The number of unbranched alkanes of at least 4 members (excludes halogenated alkanes) is 2. The summed E-state index contributed by atoms with van der Waals surface area (Å²) < 4.78 is 0. The highest BCUT2D eigenvalue weighted by atomic mass is 15.0. The van der Waals surface area contributed by atoms with Crippen molar-refractivity contribution in [2.45, 2.75) is 105 Å². The van der Waals surface area contributed by atoms with Crippen LogP contribution in [0.25, 0.3) is 11.1 Å². The van der Waals surface area contributed by atoms with Crippen molar-refractivity contribution in [3.63, 3.8) is 0 Å². The Kier molecular flexibility index (Phi) is 10.9. The zero-order chi connectivity index (χ0) is 35.3. The van der Waals surface area contributed by atoms with E-state index in [0.717, 1.165) is 29.1 Å². The Morgan fingerprint density at radius 1 is 0.765 bits per heavy atom. The van der Waals surface area contributed by atoms with Gasteiger partial charge in [0.25, 0.3) is 0 Å². The number of aromatic nitrogens is 1. The topological polar surface area (TPSA) is 37.6 Å². The molecule has 1 aromatic heterocycles. The molecule has 1 aliphatic heterocycles. The van der Waals surface area contributed by atoms with Gasteiger partial charge in [-0.15, -0.1) is 0 Å². The van der Waals surface area contributed by atoms with Crippen molar-refractivity contribution in [2.75, 3.05) is 0 Å². The first kappa shape index (κ1) is 35.1. The molecular formula is C48H55N3. The number of aryl methyl sites for hydroxylation is 1. The number of benzene rings is 2. The van der Waals surface area contributed by atoms with Crippen LogP contribution in [0, 0.1) is 24.7 Å². The predicted octanol–water partition coefficient (Wildman–Crippen LogP) is 10.9. The van der Waals surface area contributed by atoms with Crippen molar-refractivity contribution < 1.29 is 0 Å². The lowest BCUT2D eigenvalue weighted by Crippen LogP contribution is -2.38. The van der Waals surface area contributed by atoms with E-state index < -0.39 is 0 Å². The summed E-state index contributed by atoms with van der Waals surface area (Å²) >= 11 is 0.